The Morgan fingerprint density at radius 3 is 2.64 bits per heavy atom. The second kappa shape index (κ2) is 7.14. The number of hydrogen-bond acceptors (Lipinski definition) is 4. The number of hydrogen-bond donors (Lipinski definition) is 1. The van der Waals surface area contributed by atoms with Gasteiger partial charge in [0.1, 0.15) is 5.75 Å². The number of rotatable bonds is 4. The highest BCUT2D eigenvalue weighted by Gasteiger charge is 2.31. The number of carbonyl (C=O) groups is 1. The lowest BCUT2D eigenvalue weighted by Crippen LogP contribution is -2.20. The van der Waals surface area contributed by atoms with Crippen molar-refractivity contribution in [3.63, 3.8) is 0 Å². The van der Waals surface area contributed by atoms with Gasteiger partial charge in [0.15, 0.2) is 11.5 Å². The van der Waals surface area contributed by atoms with E-state index in [0.717, 1.165) is 0 Å². The Labute approximate surface area is 159 Å². The number of nitrogens with one attached hydrogen (secondary N) is 1. The van der Waals surface area contributed by atoms with Crippen LogP contribution in [0.25, 0.3) is 16.8 Å². The minimum Gasteiger partial charge on any atom is -0.406 e. The summed E-state index contributed by atoms with van der Waals surface area (Å²) < 4.78 is 43.2. The molecule has 1 N–H and O–H groups in total. The van der Waals surface area contributed by atoms with Gasteiger partial charge < -0.3 is 10.1 Å². The molecule has 0 fully saturated rings. The van der Waals surface area contributed by atoms with E-state index >= 15 is 0 Å². The van der Waals surface area contributed by atoms with E-state index in [1.165, 1.54) is 28.9 Å². The van der Waals surface area contributed by atoms with E-state index in [4.69, 9.17) is 0 Å². The molecule has 0 saturated heterocycles. The second-order valence-electron chi connectivity index (χ2n) is 7.47. The predicted octanol–water partition coefficient (Wildman–Crippen LogP) is 4.67. The van der Waals surface area contributed by atoms with Crippen LogP contribution in [0.3, 0.4) is 0 Å². The van der Waals surface area contributed by atoms with E-state index < -0.39 is 6.36 Å². The molecule has 1 aromatic carbocycles. The summed E-state index contributed by atoms with van der Waals surface area (Å²) in [4.78, 5) is 16.6. The molecule has 0 saturated carbocycles. The summed E-state index contributed by atoms with van der Waals surface area (Å²) in [5.41, 5.74) is 0.969. The van der Waals surface area contributed by atoms with Crippen LogP contribution in [0.2, 0.25) is 0 Å². The fraction of sp³-hybridized carbons (Fsp3) is 0.316. The molecule has 2 aromatic heterocycles. The Morgan fingerprint density at radius 2 is 1.96 bits per heavy atom. The molecule has 0 unspecified atom stereocenters. The number of halogens is 3. The molecule has 0 bridgehead atoms. The normalized spacial score (nSPS) is 12.2. The van der Waals surface area contributed by atoms with Crippen LogP contribution in [0.4, 0.5) is 19.0 Å². The smallest absolute Gasteiger partial charge is 0.406 e. The van der Waals surface area contributed by atoms with Crippen LogP contribution in [0.15, 0.2) is 42.7 Å². The topological polar surface area (TPSA) is 68.5 Å². The van der Waals surface area contributed by atoms with Crippen molar-refractivity contribution >= 4 is 17.4 Å². The third kappa shape index (κ3) is 4.79. The number of benzene rings is 1. The molecule has 6 nitrogen and oxygen atoms in total. The van der Waals surface area contributed by atoms with Gasteiger partial charge in [-0.3, -0.25) is 4.79 Å². The maximum atomic E-state index is 12.6. The van der Waals surface area contributed by atoms with Crippen molar-refractivity contribution in [2.45, 2.75) is 33.6 Å². The Kier molecular flexibility index (Phi) is 5.01. The van der Waals surface area contributed by atoms with Crippen LogP contribution < -0.4 is 10.1 Å². The van der Waals surface area contributed by atoms with E-state index in [1.807, 2.05) is 20.8 Å². The minimum absolute atomic E-state index is 0.220. The summed E-state index contributed by atoms with van der Waals surface area (Å²) in [6, 6.07) is 7.14. The molecule has 0 radical (unpaired) electrons. The zero-order valence-electron chi connectivity index (χ0n) is 15.5. The zero-order chi connectivity index (χ0) is 20.5. The average molecular weight is 392 g/mol. The number of aromatic nitrogens is 3. The molecule has 0 aliphatic heterocycles. The van der Waals surface area contributed by atoms with Crippen LogP contribution in [-0.2, 0) is 4.79 Å². The summed E-state index contributed by atoms with van der Waals surface area (Å²) in [5.74, 6) is -0.399. The molecule has 9 heteroatoms. The molecule has 0 spiro atoms. The summed E-state index contributed by atoms with van der Waals surface area (Å²) in [6.07, 6.45) is -1.37. The van der Waals surface area contributed by atoms with Gasteiger partial charge in [-0.1, -0.05) is 32.9 Å². The van der Waals surface area contributed by atoms with Crippen LogP contribution in [-0.4, -0.2) is 26.9 Å². The number of amides is 1. The number of alkyl halides is 3. The van der Waals surface area contributed by atoms with Crippen LogP contribution in [0, 0.1) is 5.41 Å². The van der Waals surface area contributed by atoms with E-state index in [9.17, 15) is 18.0 Å². The second-order valence-corrected chi connectivity index (χ2v) is 7.47. The molecule has 0 aliphatic rings. The Balaban J connectivity index is 2.05. The van der Waals surface area contributed by atoms with E-state index in [0.29, 0.717) is 16.8 Å². The molecular weight excluding hydrogens is 373 g/mol. The van der Waals surface area contributed by atoms with Gasteiger partial charge in [0.25, 0.3) is 0 Å². The van der Waals surface area contributed by atoms with Gasteiger partial charge in [0.2, 0.25) is 5.91 Å². The van der Waals surface area contributed by atoms with E-state index in [2.05, 4.69) is 20.1 Å². The third-order valence-electron chi connectivity index (χ3n) is 3.70. The van der Waals surface area contributed by atoms with Crippen molar-refractivity contribution in [3.05, 3.63) is 42.7 Å². The number of ether oxygens (including phenoxy) is 1. The van der Waals surface area contributed by atoms with Gasteiger partial charge in [-0.15, -0.1) is 18.3 Å². The fourth-order valence-corrected chi connectivity index (χ4v) is 2.75. The van der Waals surface area contributed by atoms with Crippen molar-refractivity contribution in [1.82, 2.24) is 14.6 Å². The highest BCUT2D eigenvalue weighted by molar-refractivity contribution is 5.98. The molecule has 148 valence electrons. The summed E-state index contributed by atoms with van der Waals surface area (Å²) in [6.45, 7) is 5.78. The Bertz CT molecular complexity index is 1010. The van der Waals surface area contributed by atoms with E-state index in [1.54, 1.807) is 18.3 Å². The van der Waals surface area contributed by atoms with Crippen molar-refractivity contribution in [3.8, 4) is 16.9 Å². The maximum absolute atomic E-state index is 12.6. The molecule has 28 heavy (non-hydrogen) atoms. The maximum Gasteiger partial charge on any atom is 0.573 e. The van der Waals surface area contributed by atoms with Crippen LogP contribution in [0.5, 0.6) is 5.75 Å². The first-order chi connectivity index (χ1) is 13.0. The standard InChI is InChI=1S/C19H19F3N4O2/c1-18(2,3)11-14(27)24-16-15(17-23-8-5-9-26(17)25-16)12-6-4-7-13(10-12)28-19(20,21)22/h4-10H,11H2,1-3H3,(H,24,25,27). The van der Waals surface area contributed by atoms with Gasteiger partial charge in [0, 0.05) is 18.8 Å². The first-order valence-corrected chi connectivity index (χ1v) is 8.51. The zero-order valence-corrected chi connectivity index (χ0v) is 15.5. The SMILES string of the molecule is CC(C)(C)CC(=O)Nc1nn2cccnc2c1-c1cccc(OC(F)(F)F)c1. The highest BCUT2D eigenvalue weighted by atomic mass is 19.4. The molecule has 1 amide bonds. The van der Waals surface area contributed by atoms with Crippen molar-refractivity contribution in [2.24, 2.45) is 5.41 Å². The molecule has 0 atom stereocenters. The first kappa shape index (κ1) is 19.7. The molecule has 2 heterocycles. The quantitative estimate of drug-likeness (QED) is 0.701. The Morgan fingerprint density at radius 1 is 1.21 bits per heavy atom. The Hall–Kier alpha value is -3.10. The largest absolute Gasteiger partial charge is 0.573 e. The fourth-order valence-electron chi connectivity index (χ4n) is 2.75. The minimum atomic E-state index is -4.80. The number of carbonyl (C=O) groups excluding carboxylic acids is 1. The van der Waals surface area contributed by atoms with Crippen LogP contribution in [0.1, 0.15) is 27.2 Å². The summed E-state index contributed by atoms with van der Waals surface area (Å²) in [7, 11) is 0. The molecule has 0 aliphatic carbocycles. The molecular formula is C19H19F3N4O2. The van der Waals surface area contributed by atoms with Gasteiger partial charge in [-0.25, -0.2) is 9.50 Å². The first-order valence-electron chi connectivity index (χ1n) is 8.51. The monoisotopic (exact) mass is 392 g/mol. The lowest BCUT2D eigenvalue weighted by Gasteiger charge is -2.17. The van der Waals surface area contributed by atoms with Gasteiger partial charge in [-0.05, 0) is 29.2 Å². The lowest BCUT2D eigenvalue weighted by molar-refractivity contribution is -0.274. The van der Waals surface area contributed by atoms with Crippen LogP contribution >= 0.6 is 0 Å². The predicted molar refractivity (Wildman–Crippen MR) is 97.8 cm³/mol. The molecule has 3 aromatic rings. The van der Waals surface area contributed by atoms with Gasteiger partial charge >= 0.3 is 6.36 Å². The summed E-state index contributed by atoms with van der Waals surface area (Å²) >= 11 is 0. The average Bonchev–Trinajstić information content (AvgIpc) is 2.89. The summed E-state index contributed by atoms with van der Waals surface area (Å²) in [5, 5.41) is 7.07. The highest BCUT2D eigenvalue weighted by Crippen LogP contribution is 2.34. The number of anilines is 1. The van der Waals surface area contributed by atoms with Gasteiger partial charge in [0.05, 0.1) is 5.56 Å². The van der Waals surface area contributed by atoms with Crippen molar-refractivity contribution in [1.29, 1.82) is 0 Å². The third-order valence-corrected chi connectivity index (χ3v) is 3.70. The number of fused-ring (bicyclic) bond motifs is 1. The lowest BCUT2D eigenvalue weighted by atomic mass is 9.92. The van der Waals surface area contributed by atoms with E-state index in [-0.39, 0.29) is 29.3 Å². The van der Waals surface area contributed by atoms with Gasteiger partial charge in [-0.2, -0.15) is 0 Å². The number of nitrogens with zero attached hydrogens (tertiary/aromatic N) is 3. The van der Waals surface area contributed by atoms with Crippen molar-refractivity contribution in [2.75, 3.05) is 5.32 Å². The van der Waals surface area contributed by atoms with Crippen molar-refractivity contribution < 1.29 is 22.7 Å². The molecule has 3 rings (SSSR count).